The molecule has 0 saturated carbocycles. The fraction of sp³-hybridized carbons (Fsp3) is 0.308. The van der Waals surface area contributed by atoms with Crippen LogP contribution in [0.1, 0.15) is 23.4 Å². The molecular formula is C26H26N4OS. The van der Waals surface area contributed by atoms with E-state index in [9.17, 15) is 4.79 Å². The van der Waals surface area contributed by atoms with Gasteiger partial charge >= 0.3 is 0 Å². The Morgan fingerprint density at radius 1 is 1.09 bits per heavy atom. The van der Waals surface area contributed by atoms with E-state index in [2.05, 4.69) is 39.1 Å². The smallest absolute Gasteiger partial charge is 0.255 e. The molecule has 2 aromatic rings. The first-order valence-electron chi connectivity index (χ1n) is 11.3. The predicted octanol–water partition coefficient (Wildman–Crippen LogP) is 4.46. The van der Waals surface area contributed by atoms with Crippen molar-refractivity contribution in [2.75, 3.05) is 26.2 Å². The largest absolute Gasteiger partial charge is 0.367 e. The fourth-order valence-electron chi connectivity index (χ4n) is 5.14. The van der Waals surface area contributed by atoms with Crippen molar-refractivity contribution in [1.82, 2.24) is 19.7 Å². The molecule has 162 valence electrons. The predicted molar refractivity (Wildman–Crippen MR) is 130 cm³/mol. The molecule has 4 aliphatic heterocycles. The Bertz CT molecular complexity index is 1250. The quantitative estimate of drug-likeness (QED) is 0.688. The molecule has 0 unspecified atom stereocenters. The molecule has 0 N–H and O–H groups in total. The monoisotopic (exact) mass is 442 g/mol. The number of hydrogen-bond acceptors (Lipinski definition) is 5. The number of carbonyl (C=O) groups excluding carboxylic acids is 1. The van der Waals surface area contributed by atoms with E-state index < -0.39 is 0 Å². The number of nitrogens with zero attached hydrogens (tertiary/aromatic N) is 4. The summed E-state index contributed by atoms with van der Waals surface area (Å²) in [7, 11) is 0. The van der Waals surface area contributed by atoms with Crippen molar-refractivity contribution in [3.05, 3.63) is 82.8 Å². The van der Waals surface area contributed by atoms with Crippen LogP contribution in [0.3, 0.4) is 0 Å². The molecule has 1 amide bonds. The number of benzene rings is 1. The molecule has 1 atom stereocenters. The number of fused-ring (bicyclic) bond motifs is 3. The van der Waals surface area contributed by atoms with Crippen molar-refractivity contribution in [1.29, 1.82) is 0 Å². The summed E-state index contributed by atoms with van der Waals surface area (Å²) in [5.74, 6) is -0.0162. The minimum Gasteiger partial charge on any atom is -0.367 e. The van der Waals surface area contributed by atoms with E-state index in [0.29, 0.717) is 6.04 Å². The van der Waals surface area contributed by atoms with Gasteiger partial charge in [0.15, 0.2) is 0 Å². The van der Waals surface area contributed by atoms with Gasteiger partial charge in [-0.25, -0.2) is 4.98 Å². The van der Waals surface area contributed by atoms with Crippen LogP contribution >= 0.6 is 11.3 Å². The number of piperazine rings is 1. The normalized spacial score (nSPS) is 25.1. The molecule has 2 fully saturated rings. The maximum Gasteiger partial charge on any atom is 0.255 e. The molecule has 32 heavy (non-hydrogen) atoms. The highest BCUT2D eigenvalue weighted by molar-refractivity contribution is 7.18. The van der Waals surface area contributed by atoms with Crippen molar-refractivity contribution >= 4 is 33.0 Å². The molecule has 5 nitrogen and oxygen atoms in total. The number of hydrogen-bond donors (Lipinski definition) is 0. The minimum atomic E-state index is -0.0162. The summed E-state index contributed by atoms with van der Waals surface area (Å²) < 4.78 is 1.15. The number of rotatable bonds is 2. The molecule has 0 spiro atoms. The van der Waals surface area contributed by atoms with Crippen molar-refractivity contribution in [3.8, 4) is 0 Å². The van der Waals surface area contributed by atoms with Crippen LogP contribution in [0.5, 0.6) is 0 Å². The van der Waals surface area contributed by atoms with Gasteiger partial charge < -0.3 is 4.90 Å². The number of thiazole rings is 1. The zero-order valence-electron chi connectivity index (χ0n) is 18.2. The summed E-state index contributed by atoms with van der Waals surface area (Å²) in [6.07, 6.45) is 16.6. The average Bonchev–Trinajstić information content (AvgIpc) is 3.41. The topological polar surface area (TPSA) is 39.7 Å². The molecular weight excluding hydrogens is 416 g/mol. The van der Waals surface area contributed by atoms with E-state index in [4.69, 9.17) is 0 Å². The van der Waals surface area contributed by atoms with Crippen molar-refractivity contribution in [2.45, 2.75) is 25.8 Å². The molecule has 1 aromatic heterocycles. The number of aromatic nitrogens is 1. The third kappa shape index (κ3) is 3.53. The number of carbonyl (C=O) groups is 1. The van der Waals surface area contributed by atoms with Gasteiger partial charge in [-0.3, -0.25) is 14.6 Å². The molecule has 0 bridgehead atoms. The maximum atomic E-state index is 13.3. The lowest BCUT2D eigenvalue weighted by Crippen LogP contribution is -2.49. The molecule has 6 heteroatoms. The lowest BCUT2D eigenvalue weighted by molar-refractivity contribution is -0.122. The number of allylic oxidation sites excluding steroid dienone is 6. The van der Waals surface area contributed by atoms with E-state index in [1.54, 1.807) is 22.3 Å². The summed E-state index contributed by atoms with van der Waals surface area (Å²) in [4.78, 5) is 24.7. The molecule has 6 rings (SSSR count). The van der Waals surface area contributed by atoms with Crippen LogP contribution in [0.4, 0.5) is 0 Å². The van der Waals surface area contributed by atoms with Gasteiger partial charge in [-0.1, -0.05) is 18.2 Å². The van der Waals surface area contributed by atoms with E-state index >= 15 is 0 Å². The Balaban J connectivity index is 1.29. The van der Waals surface area contributed by atoms with Crippen LogP contribution in [0.25, 0.3) is 15.8 Å². The molecule has 5 heterocycles. The Morgan fingerprint density at radius 2 is 2.00 bits per heavy atom. The second-order valence-electron chi connectivity index (χ2n) is 8.84. The van der Waals surface area contributed by atoms with Crippen molar-refractivity contribution < 1.29 is 4.79 Å². The van der Waals surface area contributed by atoms with Crippen LogP contribution in [0, 0.1) is 6.92 Å². The number of aryl methyl sites for hydroxylation is 1. The van der Waals surface area contributed by atoms with Gasteiger partial charge in [-0.2, -0.15) is 0 Å². The third-order valence-corrected chi connectivity index (χ3v) is 7.74. The van der Waals surface area contributed by atoms with Gasteiger partial charge in [0.1, 0.15) is 0 Å². The molecule has 4 aliphatic rings. The summed E-state index contributed by atoms with van der Waals surface area (Å²) >= 11 is 1.68. The van der Waals surface area contributed by atoms with Crippen molar-refractivity contribution in [3.63, 3.8) is 0 Å². The Morgan fingerprint density at radius 3 is 2.94 bits per heavy atom. The standard InChI is InChI=1S/C26H26N4OS/c1-18-27-24-10-7-20(14-25(24)32-18)19-4-2-5-21-8-9-23(17-30(21)26(31)15-19)29-13-12-28-11-3-6-22(28)16-29/h2,4-5,7-10,14-15,17,22H,3,6,11-13,16H2,1H3/b4-2?,19-15?,21-5+/t22-/m0/s1. The van der Waals surface area contributed by atoms with Crippen molar-refractivity contribution in [2.24, 2.45) is 0 Å². The van der Waals surface area contributed by atoms with Crippen LogP contribution < -0.4 is 0 Å². The average molecular weight is 443 g/mol. The molecule has 0 radical (unpaired) electrons. The number of amides is 1. The zero-order chi connectivity index (χ0) is 21.7. The van der Waals surface area contributed by atoms with Gasteiger partial charge in [0, 0.05) is 43.6 Å². The molecule has 0 aliphatic carbocycles. The van der Waals surface area contributed by atoms with E-state index in [1.807, 2.05) is 37.4 Å². The third-order valence-electron chi connectivity index (χ3n) is 6.80. The fourth-order valence-corrected chi connectivity index (χ4v) is 6.01. The minimum absolute atomic E-state index is 0.0162. The van der Waals surface area contributed by atoms with E-state index in [-0.39, 0.29) is 5.91 Å². The first-order valence-corrected chi connectivity index (χ1v) is 12.2. The van der Waals surface area contributed by atoms with E-state index in [1.165, 1.54) is 19.4 Å². The van der Waals surface area contributed by atoms with Crippen LogP contribution in [0.15, 0.2) is 72.2 Å². The van der Waals surface area contributed by atoms with Gasteiger partial charge in [0.25, 0.3) is 5.91 Å². The SMILES string of the molecule is Cc1nc2ccc(C3=CC(=O)N4C=C(N5CCN6CCC[C@H]6C5)C=C/C4=C\C=C3)cc2s1. The first-order chi connectivity index (χ1) is 15.6. The first kappa shape index (κ1) is 19.7. The van der Waals surface area contributed by atoms with Crippen LogP contribution in [0.2, 0.25) is 0 Å². The summed E-state index contributed by atoms with van der Waals surface area (Å²) in [5, 5.41) is 1.05. The second kappa shape index (κ2) is 7.87. The Kier molecular flexibility index (Phi) is 4.85. The highest BCUT2D eigenvalue weighted by Gasteiger charge is 2.32. The Hall–Kier alpha value is -2.96. The highest BCUT2D eigenvalue weighted by Crippen LogP contribution is 2.30. The highest BCUT2D eigenvalue weighted by atomic mass is 32.1. The molecule has 2 saturated heterocycles. The molecule has 1 aromatic carbocycles. The zero-order valence-corrected chi connectivity index (χ0v) is 19.0. The maximum absolute atomic E-state index is 13.3. The Labute approximate surface area is 192 Å². The van der Waals surface area contributed by atoms with Crippen LogP contribution in [-0.2, 0) is 4.79 Å². The van der Waals surface area contributed by atoms with Gasteiger partial charge in [-0.15, -0.1) is 11.3 Å². The lowest BCUT2D eigenvalue weighted by atomic mass is 10.0. The summed E-state index contributed by atoms with van der Waals surface area (Å²) in [5.41, 5.74) is 5.00. The van der Waals surface area contributed by atoms with Gasteiger partial charge in [0.05, 0.1) is 20.9 Å². The van der Waals surface area contributed by atoms with E-state index in [0.717, 1.165) is 57.4 Å². The van der Waals surface area contributed by atoms with Gasteiger partial charge in [-0.05, 0) is 67.8 Å². The van der Waals surface area contributed by atoms with Gasteiger partial charge in [0.2, 0.25) is 0 Å². The van der Waals surface area contributed by atoms with Crippen LogP contribution in [-0.4, -0.2) is 57.8 Å². The summed E-state index contributed by atoms with van der Waals surface area (Å²) in [6.45, 7) is 6.43. The second-order valence-corrected chi connectivity index (χ2v) is 10.1. The lowest BCUT2D eigenvalue weighted by Gasteiger charge is -2.40. The summed E-state index contributed by atoms with van der Waals surface area (Å²) in [6, 6.07) is 6.87.